The minimum atomic E-state index is -4.64. The lowest BCUT2D eigenvalue weighted by Crippen LogP contribution is -2.37. The highest BCUT2D eigenvalue weighted by Gasteiger charge is 2.21. The SMILES string of the molecule is CC/C=C\C/C=C\C/C=C\C/C=C\C/C=C\CCCCCC(=O)O[C@H](COC(=O)CCCCCCCCCCCCCCCCCCCCCCC)COP(=O)([O-])OCC[N+](C)(C)C. The normalized spacial score (nSPS) is 13.9. The van der Waals surface area contributed by atoms with Gasteiger partial charge in [0.25, 0.3) is 7.82 Å². The van der Waals surface area contributed by atoms with Crippen molar-refractivity contribution < 1.29 is 42.1 Å². The first kappa shape index (κ1) is 61.7. The number of esters is 2. The van der Waals surface area contributed by atoms with Crippen LogP contribution in [0.15, 0.2) is 60.8 Å². The third kappa shape index (κ3) is 49.2. The number of quaternary nitrogens is 1. The van der Waals surface area contributed by atoms with E-state index in [1.165, 1.54) is 116 Å². The van der Waals surface area contributed by atoms with Gasteiger partial charge in [0.2, 0.25) is 0 Å². The van der Waals surface area contributed by atoms with E-state index in [-0.39, 0.29) is 26.1 Å². The fourth-order valence-corrected chi connectivity index (χ4v) is 7.76. The predicted octanol–water partition coefficient (Wildman–Crippen LogP) is 15.0. The molecule has 2 atom stereocenters. The minimum Gasteiger partial charge on any atom is -0.756 e. The number of likely N-dealkylation sites (N-methyl/N-ethyl adjacent to an activating group) is 1. The fraction of sp³-hybridized carbons (Fsp3) is 0.778. The third-order valence-corrected chi connectivity index (χ3v) is 12.0. The summed E-state index contributed by atoms with van der Waals surface area (Å²) in [6.45, 7) is 4.10. The number of ether oxygens (including phenoxy) is 2. The zero-order chi connectivity index (χ0) is 47.1. The Labute approximate surface area is 394 Å². The van der Waals surface area contributed by atoms with Crippen LogP contribution in [0.2, 0.25) is 0 Å². The highest BCUT2D eigenvalue weighted by Crippen LogP contribution is 2.38. The molecule has 0 bridgehead atoms. The summed E-state index contributed by atoms with van der Waals surface area (Å²) in [4.78, 5) is 37.7. The number of phosphoric ester groups is 1. The molecule has 0 rings (SSSR count). The van der Waals surface area contributed by atoms with Gasteiger partial charge in [0, 0.05) is 12.8 Å². The summed E-state index contributed by atoms with van der Waals surface area (Å²) < 4.78 is 34.0. The van der Waals surface area contributed by atoms with E-state index in [1.807, 2.05) is 21.1 Å². The molecule has 9 nitrogen and oxygen atoms in total. The summed E-state index contributed by atoms with van der Waals surface area (Å²) in [5, 5.41) is 0. The Hall–Kier alpha value is -2.29. The zero-order valence-corrected chi connectivity index (χ0v) is 42.9. The first-order valence-electron chi connectivity index (χ1n) is 26.0. The first-order chi connectivity index (χ1) is 31.0. The molecule has 10 heteroatoms. The van der Waals surface area contributed by atoms with Gasteiger partial charge in [-0.05, 0) is 57.8 Å². The van der Waals surface area contributed by atoms with Crippen molar-refractivity contribution in [1.82, 2.24) is 0 Å². The molecule has 0 N–H and O–H groups in total. The van der Waals surface area contributed by atoms with Crippen LogP contribution >= 0.6 is 7.82 Å². The average Bonchev–Trinajstić information content (AvgIpc) is 3.25. The van der Waals surface area contributed by atoms with Gasteiger partial charge < -0.3 is 27.9 Å². The molecule has 0 amide bonds. The number of carbonyl (C=O) groups is 2. The minimum absolute atomic E-state index is 0.0388. The van der Waals surface area contributed by atoms with Crippen molar-refractivity contribution in [3.8, 4) is 0 Å². The lowest BCUT2D eigenvalue weighted by atomic mass is 10.0. The van der Waals surface area contributed by atoms with Gasteiger partial charge in [-0.3, -0.25) is 14.2 Å². The van der Waals surface area contributed by atoms with Gasteiger partial charge in [0.1, 0.15) is 19.8 Å². The van der Waals surface area contributed by atoms with Crippen LogP contribution in [0.4, 0.5) is 0 Å². The molecule has 0 radical (unpaired) electrons. The molecule has 1 unspecified atom stereocenters. The van der Waals surface area contributed by atoms with E-state index in [1.54, 1.807) is 0 Å². The van der Waals surface area contributed by atoms with Crippen molar-refractivity contribution in [2.75, 3.05) is 47.5 Å². The Morgan fingerprint density at radius 2 is 0.891 bits per heavy atom. The standard InChI is InChI=1S/C54H98NO8P/c1-6-8-10-12-14-16-18-20-22-24-26-27-29-30-32-34-36-38-40-42-44-46-53(56)60-50-52(51-62-64(58,59)61-49-48-55(3,4)5)63-54(57)47-45-43-41-39-37-35-33-31-28-25-23-21-19-17-15-13-11-9-7-2/h9,11,15,17,21,23,28,31,35,37,52H,6-8,10,12-14,16,18-20,22,24-27,29-30,32-34,36,38-51H2,1-5H3/b11-9-,17-15-,23-21-,31-28-,37-35-/t52-/m1/s1. The van der Waals surface area contributed by atoms with Gasteiger partial charge >= 0.3 is 11.9 Å². The van der Waals surface area contributed by atoms with E-state index in [0.29, 0.717) is 17.4 Å². The quantitative estimate of drug-likeness (QED) is 0.0195. The molecule has 0 aromatic heterocycles. The second kappa shape index (κ2) is 45.8. The lowest BCUT2D eigenvalue weighted by molar-refractivity contribution is -0.870. The molecule has 0 aliphatic heterocycles. The maximum absolute atomic E-state index is 12.7. The van der Waals surface area contributed by atoms with Crippen molar-refractivity contribution in [2.24, 2.45) is 0 Å². The van der Waals surface area contributed by atoms with Crippen molar-refractivity contribution in [3.63, 3.8) is 0 Å². The summed E-state index contributed by atoms with van der Waals surface area (Å²) in [5.41, 5.74) is 0. The van der Waals surface area contributed by atoms with Gasteiger partial charge in [-0.25, -0.2) is 0 Å². The lowest BCUT2D eigenvalue weighted by Gasteiger charge is -2.28. The first-order valence-corrected chi connectivity index (χ1v) is 27.5. The Morgan fingerprint density at radius 1 is 0.500 bits per heavy atom. The van der Waals surface area contributed by atoms with Gasteiger partial charge in [-0.1, -0.05) is 209 Å². The molecule has 64 heavy (non-hydrogen) atoms. The largest absolute Gasteiger partial charge is 0.756 e. The maximum atomic E-state index is 12.7. The third-order valence-electron chi connectivity index (χ3n) is 11.1. The van der Waals surface area contributed by atoms with Crippen LogP contribution in [0.25, 0.3) is 0 Å². The van der Waals surface area contributed by atoms with Crippen LogP contribution in [0, 0.1) is 0 Å². The smallest absolute Gasteiger partial charge is 0.306 e. The van der Waals surface area contributed by atoms with Crippen molar-refractivity contribution in [3.05, 3.63) is 60.8 Å². The molecule has 0 aliphatic carbocycles. The monoisotopic (exact) mass is 920 g/mol. The number of unbranched alkanes of at least 4 members (excludes halogenated alkanes) is 23. The molecule has 0 fully saturated rings. The molecule has 0 aliphatic rings. The average molecular weight is 920 g/mol. The topological polar surface area (TPSA) is 111 Å². The molecular weight excluding hydrogens is 822 g/mol. The molecule has 0 heterocycles. The molecular formula is C54H98NO8P. The zero-order valence-electron chi connectivity index (χ0n) is 42.0. The Bertz CT molecular complexity index is 1270. The Kier molecular flexibility index (Phi) is 44.2. The number of nitrogens with zero attached hydrogens (tertiary/aromatic N) is 1. The Morgan fingerprint density at radius 3 is 1.33 bits per heavy atom. The second-order valence-corrected chi connectivity index (χ2v) is 19.9. The van der Waals surface area contributed by atoms with Crippen LogP contribution < -0.4 is 4.89 Å². The fourth-order valence-electron chi connectivity index (χ4n) is 7.04. The maximum Gasteiger partial charge on any atom is 0.306 e. The number of hydrogen-bond donors (Lipinski definition) is 0. The molecule has 0 saturated carbocycles. The van der Waals surface area contributed by atoms with Crippen LogP contribution in [0.1, 0.15) is 219 Å². The summed E-state index contributed by atoms with van der Waals surface area (Å²) in [6, 6.07) is 0. The van der Waals surface area contributed by atoms with E-state index in [0.717, 1.165) is 70.6 Å². The van der Waals surface area contributed by atoms with Crippen LogP contribution in [0.5, 0.6) is 0 Å². The molecule has 372 valence electrons. The van der Waals surface area contributed by atoms with E-state index < -0.39 is 32.5 Å². The summed E-state index contributed by atoms with van der Waals surface area (Å²) in [7, 11) is 1.14. The molecule has 0 aromatic carbocycles. The van der Waals surface area contributed by atoms with E-state index in [2.05, 4.69) is 74.6 Å². The summed E-state index contributed by atoms with van der Waals surface area (Å²) in [6.07, 6.45) is 56.8. The second-order valence-electron chi connectivity index (χ2n) is 18.5. The summed E-state index contributed by atoms with van der Waals surface area (Å²) >= 11 is 0. The van der Waals surface area contributed by atoms with Gasteiger partial charge in [-0.15, -0.1) is 0 Å². The highest BCUT2D eigenvalue weighted by atomic mass is 31.2. The molecule has 0 saturated heterocycles. The number of hydrogen-bond acceptors (Lipinski definition) is 8. The predicted molar refractivity (Wildman–Crippen MR) is 268 cm³/mol. The van der Waals surface area contributed by atoms with Crippen LogP contribution in [-0.2, 0) is 32.7 Å². The molecule has 0 aromatic rings. The van der Waals surface area contributed by atoms with E-state index in [9.17, 15) is 19.0 Å². The Balaban J connectivity index is 4.28. The van der Waals surface area contributed by atoms with Crippen molar-refractivity contribution >= 4 is 19.8 Å². The number of allylic oxidation sites excluding steroid dienone is 10. The van der Waals surface area contributed by atoms with Gasteiger partial charge in [0.15, 0.2) is 6.10 Å². The van der Waals surface area contributed by atoms with Crippen LogP contribution in [-0.4, -0.2) is 70.0 Å². The number of carbonyl (C=O) groups excluding carboxylic acids is 2. The van der Waals surface area contributed by atoms with Crippen molar-refractivity contribution in [1.29, 1.82) is 0 Å². The number of phosphoric acid groups is 1. The van der Waals surface area contributed by atoms with Crippen LogP contribution in [0.3, 0.4) is 0 Å². The van der Waals surface area contributed by atoms with Gasteiger partial charge in [-0.2, -0.15) is 0 Å². The van der Waals surface area contributed by atoms with E-state index >= 15 is 0 Å². The molecule has 0 spiro atoms. The van der Waals surface area contributed by atoms with E-state index in [4.69, 9.17) is 18.5 Å². The van der Waals surface area contributed by atoms with Gasteiger partial charge in [0.05, 0.1) is 27.7 Å². The summed E-state index contributed by atoms with van der Waals surface area (Å²) in [5.74, 6) is -0.867. The van der Waals surface area contributed by atoms with Crippen molar-refractivity contribution in [2.45, 2.75) is 225 Å². The number of rotatable bonds is 47. The highest BCUT2D eigenvalue weighted by molar-refractivity contribution is 7.45.